The second-order valence-corrected chi connectivity index (χ2v) is 4.44. The SMILES string of the molecule is Cc1cc(-n2nnc3ccc(C(=O)O)cc32)ccc1F. The highest BCUT2D eigenvalue weighted by molar-refractivity contribution is 5.92. The van der Waals surface area contributed by atoms with Crippen LogP contribution in [0.4, 0.5) is 4.39 Å². The number of rotatable bonds is 2. The highest BCUT2D eigenvalue weighted by atomic mass is 19.1. The minimum absolute atomic E-state index is 0.153. The van der Waals surface area contributed by atoms with Gasteiger partial charge in [0.1, 0.15) is 11.3 Å². The van der Waals surface area contributed by atoms with E-state index >= 15 is 0 Å². The monoisotopic (exact) mass is 271 g/mol. The van der Waals surface area contributed by atoms with Crippen LogP contribution in [0.5, 0.6) is 0 Å². The predicted octanol–water partition coefficient (Wildman–Crippen LogP) is 2.57. The van der Waals surface area contributed by atoms with Gasteiger partial charge in [0, 0.05) is 0 Å². The number of carboxylic acid groups (broad SMARTS) is 1. The lowest BCUT2D eigenvalue weighted by Gasteiger charge is -2.04. The Morgan fingerprint density at radius 2 is 2.05 bits per heavy atom. The third kappa shape index (κ3) is 1.91. The molecule has 0 aliphatic carbocycles. The molecule has 0 spiro atoms. The molecule has 1 aromatic heterocycles. The highest BCUT2D eigenvalue weighted by Crippen LogP contribution is 2.19. The van der Waals surface area contributed by atoms with Crippen molar-refractivity contribution in [2.45, 2.75) is 6.92 Å². The Labute approximate surface area is 113 Å². The first-order valence-corrected chi connectivity index (χ1v) is 5.91. The lowest BCUT2D eigenvalue weighted by molar-refractivity contribution is 0.0697. The van der Waals surface area contributed by atoms with Gasteiger partial charge in [-0.15, -0.1) is 5.10 Å². The first kappa shape index (κ1) is 12.3. The molecule has 0 aliphatic heterocycles. The quantitative estimate of drug-likeness (QED) is 0.777. The van der Waals surface area contributed by atoms with Crippen molar-refractivity contribution in [2.24, 2.45) is 0 Å². The maximum Gasteiger partial charge on any atom is 0.335 e. The van der Waals surface area contributed by atoms with Crippen LogP contribution < -0.4 is 0 Å². The molecule has 3 aromatic rings. The van der Waals surface area contributed by atoms with Gasteiger partial charge in [-0.3, -0.25) is 0 Å². The zero-order valence-electron chi connectivity index (χ0n) is 10.5. The second kappa shape index (κ2) is 4.41. The average Bonchev–Trinajstić information content (AvgIpc) is 2.84. The van der Waals surface area contributed by atoms with Crippen molar-refractivity contribution >= 4 is 17.0 Å². The van der Waals surface area contributed by atoms with Crippen LogP contribution in [0, 0.1) is 12.7 Å². The van der Waals surface area contributed by atoms with E-state index < -0.39 is 5.97 Å². The van der Waals surface area contributed by atoms with Gasteiger partial charge in [-0.25, -0.2) is 13.9 Å². The third-order valence-corrected chi connectivity index (χ3v) is 3.08. The van der Waals surface area contributed by atoms with Crippen molar-refractivity contribution in [1.82, 2.24) is 15.0 Å². The average molecular weight is 271 g/mol. The lowest BCUT2D eigenvalue weighted by Crippen LogP contribution is -2.00. The van der Waals surface area contributed by atoms with Gasteiger partial charge in [-0.05, 0) is 48.9 Å². The standard InChI is InChI=1S/C14H10FN3O2/c1-8-6-10(3-4-11(8)15)18-13-7-9(14(19)20)2-5-12(13)16-17-18/h2-7H,1H3,(H,19,20). The van der Waals surface area contributed by atoms with E-state index in [1.54, 1.807) is 25.1 Å². The highest BCUT2D eigenvalue weighted by Gasteiger charge is 2.11. The fourth-order valence-electron chi connectivity index (χ4n) is 2.00. The van der Waals surface area contributed by atoms with Gasteiger partial charge in [0.2, 0.25) is 0 Å². The first-order valence-electron chi connectivity index (χ1n) is 5.91. The summed E-state index contributed by atoms with van der Waals surface area (Å²) in [7, 11) is 0. The summed E-state index contributed by atoms with van der Waals surface area (Å²) >= 11 is 0. The fraction of sp³-hybridized carbons (Fsp3) is 0.0714. The molecule has 0 saturated heterocycles. The van der Waals surface area contributed by atoms with E-state index in [1.165, 1.54) is 22.9 Å². The summed E-state index contributed by atoms with van der Waals surface area (Å²) in [5.41, 5.74) is 2.42. The minimum atomic E-state index is -1.02. The van der Waals surface area contributed by atoms with Crippen molar-refractivity contribution in [3.05, 3.63) is 53.3 Å². The van der Waals surface area contributed by atoms with E-state index in [1.807, 2.05) is 0 Å². The van der Waals surface area contributed by atoms with E-state index in [9.17, 15) is 9.18 Å². The normalized spacial score (nSPS) is 10.9. The number of carboxylic acids is 1. The number of aromatic nitrogens is 3. The topological polar surface area (TPSA) is 68.0 Å². The summed E-state index contributed by atoms with van der Waals surface area (Å²) in [5, 5.41) is 17.0. The minimum Gasteiger partial charge on any atom is -0.478 e. The van der Waals surface area contributed by atoms with Crippen LogP contribution in [0.1, 0.15) is 15.9 Å². The van der Waals surface area contributed by atoms with Gasteiger partial charge < -0.3 is 5.11 Å². The van der Waals surface area contributed by atoms with Crippen LogP contribution in [0.2, 0.25) is 0 Å². The van der Waals surface area contributed by atoms with Crippen molar-refractivity contribution in [3.63, 3.8) is 0 Å². The summed E-state index contributed by atoms with van der Waals surface area (Å²) in [4.78, 5) is 11.0. The molecule has 1 heterocycles. The molecule has 3 rings (SSSR count). The first-order chi connectivity index (χ1) is 9.56. The van der Waals surface area contributed by atoms with Crippen LogP contribution in [0.15, 0.2) is 36.4 Å². The van der Waals surface area contributed by atoms with Crippen LogP contribution >= 0.6 is 0 Å². The molecule has 2 aromatic carbocycles. The van der Waals surface area contributed by atoms with Crippen LogP contribution in [0.25, 0.3) is 16.7 Å². The Morgan fingerprint density at radius 1 is 1.25 bits per heavy atom. The number of carbonyl (C=O) groups is 1. The molecule has 20 heavy (non-hydrogen) atoms. The fourth-order valence-corrected chi connectivity index (χ4v) is 2.00. The molecule has 100 valence electrons. The van der Waals surface area contributed by atoms with Crippen molar-refractivity contribution in [2.75, 3.05) is 0 Å². The van der Waals surface area contributed by atoms with Crippen LogP contribution in [-0.4, -0.2) is 26.1 Å². The zero-order chi connectivity index (χ0) is 14.3. The van der Waals surface area contributed by atoms with Crippen molar-refractivity contribution < 1.29 is 14.3 Å². The number of hydrogen-bond donors (Lipinski definition) is 1. The van der Waals surface area contributed by atoms with Gasteiger partial charge in [-0.1, -0.05) is 5.21 Å². The molecule has 0 amide bonds. The third-order valence-electron chi connectivity index (χ3n) is 3.08. The summed E-state index contributed by atoms with van der Waals surface area (Å²) in [6.45, 7) is 1.65. The summed E-state index contributed by atoms with van der Waals surface area (Å²) < 4.78 is 14.8. The Balaban J connectivity index is 2.22. The molecule has 0 atom stereocenters. The molecule has 0 unspecified atom stereocenters. The van der Waals surface area contributed by atoms with Gasteiger partial charge in [-0.2, -0.15) is 0 Å². The lowest BCUT2D eigenvalue weighted by atomic mass is 10.2. The molecule has 0 aliphatic rings. The van der Waals surface area contributed by atoms with E-state index in [0.29, 0.717) is 22.3 Å². The number of aryl methyl sites for hydroxylation is 1. The number of fused-ring (bicyclic) bond motifs is 1. The second-order valence-electron chi connectivity index (χ2n) is 4.44. The van der Waals surface area contributed by atoms with Gasteiger partial charge >= 0.3 is 5.97 Å². The van der Waals surface area contributed by atoms with Gasteiger partial charge in [0.05, 0.1) is 16.8 Å². The number of aromatic carboxylic acids is 1. The molecule has 6 heteroatoms. The van der Waals surface area contributed by atoms with E-state index in [-0.39, 0.29) is 11.4 Å². The van der Waals surface area contributed by atoms with Gasteiger partial charge in [0.15, 0.2) is 0 Å². The zero-order valence-corrected chi connectivity index (χ0v) is 10.5. The maximum absolute atomic E-state index is 13.3. The summed E-state index contributed by atoms with van der Waals surface area (Å²) in [6, 6.07) is 9.12. The molecule has 1 N–H and O–H groups in total. The van der Waals surface area contributed by atoms with Crippen LogP contribution in [0.3, 0.4) is 0 Å². The van der Waals surface area contributed by atoms with Gasteiger partial charge in [0.25, 0.3) is 0 Å². The Bertz CT molecular complexity index is 826. The Kier molecular flexibility index (Phi) is 2.71. The number of hydrogen-bond acceptors (Lipinski definition) is 3. The Hall–Kier alpha value is -2.76. The molecule has 0 saturated carbocycles. The van der Waals surface area contributed by atoms with Crippen molar-refractivity contribution in [3.8, 4) is 5.69 Å². The number of benzene rings is 2. The molecule has 0 fully saturated rings. The van der Waals surface area contributed by atoms with E-state index in [4.69, 9.17) is 5.11 Å². The summed E-state index contributed by atoms with van der Waals surface area (Å²) in [5.74, 6) is -1.32. The largest absolute Gasteiger partial charge is 0.478 e. The maximum atomic E-state index is 13.3. The number of nitrogens with zero attached hydrogens (tertiary/aromatic N) is 3. The van der Waals surface area contributed by atoms with E-state index in [2.05, 4.69) is 10.3 Å². The molecule has 5 nitrogen and oxygen atoms in total. The molecular formula is C14H10FN3O2. The van der Waals surface area contributed by atoms with E-state index in [0.717, 1.165) is 0 Å². The molecule has 0 radical (unpaired) electrons. The summed E-state index contributed by atoms with van der Waals surface area (Å²) in [6.07, 6.45) is 0. The molecule has 0 bridgehead atoms. The van der Waals surface area contributed by atoms with Crippen molar-refractivity contribution in [1.29, 1.82) is 0 Å². The molecular weight excluding hydrogens is 261 g/mol. The van der Waals surface area contributed by atoms with Crippen LogP contribution in [-0.2, 0) is 0 Å². The smallest absolute Gasteiger partial charge is 0.335 e. The Morgan fingerprint density at radius 3 is 2.75 bits per heavy atom. The predicted molar refractivity (Wildman–Crippen MR) is 70.5 cm³/mol. The number of halogens is 1.